The molecule has 3 fully saturated rings. The number of H-pyrrole nitrogens is 3. The number of benzene rings is 3. The van der Waals surface area contributed by atoms with E-state index >= 15 is 0 Å². The van der Waals surface area contributed by atoms with Crippen LogP contribution < -0.4 is 16.7 Å². The SMILES string of the molecule is Cc1cc(C#N)cc(S(=O)c2c(CC3CC3)c(C)[nH]c(=O)c2C(C)C)c1.Cc1cc(C)cc(S(=O)(=O)c2c(CC3CC3)c(C)[nH]c(=O)c2C(C)C)c1.Cc1cc(C)cc(Sc2c(CC3CC3)c(C)[nH]c(=O)c2C(C)C)c1. The van der Waals surface area contributed by atoms with Crippen molar-refractivity contribution in [2.24, 2.45) is 17.8 Å². The number of hydrogen-bond acceptors (Lipinski definition) is 8. The molecular weight excluding hydrogens is 1000 g/mol. The highest BCUT2D eigenvalue weighted by Gasteiger charge is 2.34. The van der Waals surface area contributed by atoms with Crippen molar-refractivity contribution in [2.45, 2.75) is 202 Å². The lowest BCUT2D eigenvalue weighted by Crippen LogP contribution is -2.24. The van der Waals surface area contributed by atoms with E-state index in [0.717, 1.165) is 76.4 Å². The summed E-state index contributed by atoms with van der Waals surface area (Å²) in [4.78, 5) is 51.0. The van der Waals surface area contributed by atoms with Crippen molar-refractivity contribution in [1.82, 2.24) is 15.0 Å². The number of aromatic nitrogens is 3. The second kappa shape index (κ2) is 24.0. The number of sulfone groups is 1. The van der Waals surface area contributed by atoms with Gasteiger partial charge in [0.05, 0.1) is 37.1 Å². The first kappa shape index (κ1) is 58.1. The van der Waals surface area contributed by atoms with E-state index in [1.165, 1.54) is 52.2 Å². The summed E-state index contributed by atoms with van der Waals surface area (Å²) in [5.41, 5.74) is 13.0. The van der Waals surface area contributed by atoms with E-state index < -0.39 is 20.6 Å². The summed E-state index contributed by atoms with van der Waals surface area (Å²) < 4.78 is 40.8. The van der Waals surface area contributed by atoms with E-state index in [4.69, 9.17) is 0 Å². The lowest BCUT2D eigenvalue weighted by Gasteiger charge is -2.19. The van der Waals surface area contributed by atoms with Crippen LogP contribution >= 0.6 is 11.8 Å². The Morgan fingerprint density at radius 1 is 0.553 bits per heavy atom. The molecule has 0 saturated heterocycles. The summed E-state index contributed by atoms with van der Waals surface area (Å²) in [5.74, 6) is 1.95. The number of aromatic amines is 3. The topological polar surface area (TPSA) is 174 Å². The molecule has 3 aliphatic rings. The van der Waals surface area contributed by atoms with E-state index in [1.807, 2.05) is 74.4 Å². The third-order valence-corrected chi connectivity index (χ3v) is 19.1. The average Bonchev–Trinajstić information content (AvgIpc) is 4.17. The second-order valence-corrected chi connectivity index (χ2v) is 27.4. The van der Waals surface area contributed by atoms with Gasteiger partial charge >= 0.3 is 0 Å². The third kappa shape index (κ3) is 13.9. The van der Waals surface area contributed by atoms with Crippen LogP contribution in [0.1, 0.15) is 182 Å². The Hall–Kier alpha value is -5.55. The molecule has 3 aliphatic carbocycles. The summed E-state index contributed by atoms with van der Waals surface area (Å²) in [6, 6.07) is 19.4. The second-order valence-electron chi connectivity index (χ2n) is 23.0. The molecule has 9 rings (SSSR count). The molecule has 0 aliphatic heterocycles. The lowest BCUT2D eigenvalue weighted by atomic mass is 9.99. The average molecular weight is 1080 g/mol. The lowest BCUT2D eigenvalue weighted by molar-refractivity contribution is 0.589. The van der Waals surface area contributed by atoms with Crippen LogP contribution in [-0.4, -0.2) is 27.6 Å². The molecule has 13 heteroatoms. The zero-order valence-corrected chi connectivity index (χ0v) is 49.6. The first-order chi connectivity index (χ1) is 35.8. The standard InChI is InChI=1S/C21H24N2O2S.C21H27NO3S.C21H27NOS/c1-12(2)19-20(18(10-15-5-6-15)14(4)23-21(19)24)26(25)17-8-13(3)7-16(9-17)11-22;1-12(2)19-20(18(11-16-6-7-16)15(5)22-21(19)23)26(24,25)17-9-13(3)8-14(4)10-17;1-12(2)19-20(24-17-9-13(3)8-14(4)10-17)18(11-16-6-7-16)15(5)22-21(19)23/h7-9,12,15H,5-6,10H2,1-4H3,(H,23,24);8-10,12,16H,6-7,11H2,1-5H3,(H,22,23);8-10,12,16H,6-7,11H2,1-5H3,(H,22,23). The minimum Gasteiger partial charge on any atom is -0.326 e. The first-order valence-electron chi connectivity index (χ1n) is 27.1. The molecule has 0 radical (unpaired) electrons. The molecule has 1 unspecified atom stereocenters. The predicted molar refractivity (Wildman–Crippen MR) is 309 cm³/mol. The molecule has 1 atom stereocenters. The highest BCUT2D eigenvalue weighted by molar-refractivity contribution is 7.99. The largest absolute Gasteiger partial charge is 0.326 e. The number of nitrogens with zero attached hydrogens (tertiary/aromatic N) is 1. The highest BCUT2D eigenvalue weighted by Crippen LogP contribution is 2.42. The van der Waals surface area contributed by atoms with Gasteiger partial charge in [0.15, 0.2) is 0 Å². The van der Waals surface area contributed by atoms with E-state index in [9.17, 15) is 32.3 Å². The van der Waals surface area contributed by atoms with Gasteiger partial charge in [0.25, 0.3) is 16.7 Å². The molecule has 3 saturated carbocycles. The van der Waals surface area contributed by atoms with Crippen LogP contribution in [0.25, 0.3) is 0 Å². The van der Waals surface area contributed by atoms with Crippen molar-refractivity contribution in [3.63, 3.8) is 0 Å². The van der Waals surface area contributed by atoms with Crippen molar-refractivity contribution in [2.75, 3.05) is 0 Å². The Labute approximate surface area is 457 Å². The number of nitriles is 1. The van der Waals surface area contributed by atoms with Gasteiger partial charge in [-0.3, -0.25) is 14.4 Å². The summed E-state index contributed by atoms with van der Waals surface area (Å²) in [6.07, 6.45) is 9.91. The zero-order chi connectivity index (χ0) is 55.7. The maximum absolute atomic E-state index is 13.6. The van der Waals surface area contributed by atoms with Crippen LogP contribution in [0.2, 0.25) is 0 Å². The van der Waals surface area contributed by atoms with Crippen LogP contribution in [0.5, 0.6) is 0 Å². The van der Waals surface area contributed by atoms with Crippen LogP contribution in [-0.2, 0) is 39.9 Å². The molecule has 3 heterocycles. The number of nitrogens with one attached hydrogen (secondary N) is 3. The molecular formula is C63H78N4O6S3. The molecule has 0 bridgehead atoms. The minimum absolute atomic E-state index is 0.0310. The summed E-state index contributed by atoms with van der Waals surface area (Å²) in [5, 5.41) is 9.25. The maximum atomic E-state index is 13.6. The summed E-state index contributed by atoms with van der Waals surface area (Å²) >= 11 is 1.78. The smallest absolute Gasteiger partial charge is 0.252 e. The van der Waals surface area contributed by atoms with Gasteiger partial charge in [0.2, 0.25) is 9.84 Å². The molecule has 0 spiro atoms. The molecule has 404 valence electrons. The van der Waals surface area contributed by atoms with Gasteiger partial charge in [-0.15, -0.1) is 0 Å². The minimum atomic E-state index is -3.77. The molecule has 3 aromatic carbocycles. The van der Waals surface area contributed by atoms with Crippen LogP contribution in [0, 0.1) is 84.5 Å². The van der Waals surface area contributed by atoms with Gasteiger partial charge in [-0.05, 0) is 236 Å². The van der Waals surface area contributed by atoms with Gasteiger partial charge < -0.3 is 15.0 Å². The first-order valence-corrected chi connectivity index (χ1v) is 30.5. The zero-order valence-electron chi connectivity index (χ0n) is 47.1. The van der Waals surface area contributed by atoms with Crippen molar-refractivity contribution in [3.05, 3.63) is 170 Å². The normalized spacial score (nSPS) is 14.8. The molecule has 3 aromatic heterocycles. The van der Waals surface area contributed by atoms with Crippen LogP contribution in [0.15, 0.2) is 98.4 Å². The molecule has 76 heavy (non-hydrogen) atoms. The number of hydrogen-bond donors (Lipinski definition) is 3. The fourth-order valence-electron chi connectivity index (χ4n) is 10.4. The van der Waals surface area contributed by atoms with Gasteiger partial charge in [-0.2, -0.15) is 5.26 Å². The monoisotopic (exact) mass is 1080 g/mol. The van der Waals surface area contributed by atoms with Crippen molar-refractivity contribution in [3.8, 4) is 6.07 Å². The third-order valence-electron chi connectivity index (χ3n) is 14.6. The van der Waals surface area contributed by atoms with E-state index in [2.05, 4.69) is 73.8 Å². The van der Waals surface area contributed by atoms with Crippen LogP contribution in [0.4, 0.5) is 0 Å². The van der Waals surface area contributed by atoms with Crippen molar-refractivity contribution < 1.29 is 12.6 Å². The highest BCUT2D eigenvalue weighted by atomic mass is 32.2. The number of pyridine rings is 3. The maximum Gasteiger partial charge on any atom is 0.252 e. The molecule has 3 N–H and O–H groups in total. The fraction of sp³-hybridized carbons (Fsp3) is 0.460. The predicted octanol–water partition coefficient (Wildman–Crippen LogP) is 13.8. The molecule has 6 aromatic rings. The van der Waals surface area contributed by atoms with Gasteiger partial charge in [0.1, 0.15) is 0 Å². The van der Waals surface area contributed by atoms with Crippen molar-refractivity contribution in [1.29, 1.82) is 5.26 Å². The quantitative estimate of drug-likeness (QED) is 0.0911. The van der Waals surface area contributed by atoms with E-state index in [1.54, 1.807) is 36.0 Å². The Balaban J connectivity index is 0.000000166. The van der Waals surface area contributed by atoms with E-state index in [-0.39, 0.29) is 44.2 Å². The summed E-state index contributed by atoms with van der Waals surface area (Å²) in [6.45, 7) is 27.6. The Kier molecular flexibility index (Phi) is 18.4. The van der Waals surface area contributed by atoms with Crippen molar-refractivity contribution >= 4 is 32.4 Å². The fourth-order valence-corrected chi connectivity index (χ4v) is 15.7. The molecule has 10 nitrogen and oxygen atoms in total. The van der Waals surface area contributed by atoms with Gasteiger partial charge in [-0.1, -0.05) is 65.4 Å². The number of rotatable bonds is 15. The Morgan fingerprint density at radius 2 is 0.961 bits per heavy atom. The number of aryl methyl sites for hydroxylation is 8. The van der Waals surface area contributed by atoms with Gasteiger partial charge in [-0.25, -0.2) is 12.6 Å². The van der Waals surface area contributed by atoms with Gasteiger partial charge in [0, 0.05) is 48.5 Å². The summed E-state index contributed by atoms with van der Waals surface area (Å²) in [7, 11) is -5.27. The Bertz CT molecular complexity index is 3500. The molecule has 0 amide bonds. The van der Waals surface area contributed by atoms with Crippen LogP contribution in [0.3, 0.4) is 0 Å². The Morgan fingerprint density at radius 3 is 1.43 bits per heavy atom. The van der Waals surface area contributed by atoms with E-state index in [0.29, 0.717) is 50.4 Å².